The number of carbonyl (C=O) groups is 1. The molecule has 1 amide bonds. The largest absolute Gasteiger partial charge is 0.380 e. The zero-order valence-corrected chi connectivity index (χ0v) is 13.1. The Balaban J connectivity index is 1.81. The van der Waals surface area contributed by atoms with Crippen LogP contribution in [0.3, 0.4) is 0 Å². The molecular formula is C19H20N2O2. The Hall–Kier alpha value is -2.77. The van der Waals surface area contributed by atoms with Gasteiger partial charge in [0, 0.05) is 24.9 Å². The lowest BCUT2D eigenvalue weighted by Crippen LogP contribution is -2.29. The first-order valence-corrected chi connectivity index (χ1v) is 7.35. The third-order valence-electron chi connectivity index (χ3n) is 3.27. The molecule has 2 rings (SSSR count). The van der Waals surface area contributed by atoms with Crippen LogP contribution < -0.4 is 10.6 Å². The monoisotopic (exact) mass is 308 g/mol. The van der Waals surface area contributed by atoms with Crippen molar-refractivity contribution in [3.8, 4) is 12.3 Å². The number of ether oxygens (including phenoxy) is 1. The Kier molecular flexibility index (Phi) is 6.22. The molecule has 4 nitrogen and oxygen atoms in total. The molecule has 0 bridgehead atoms. The van der Waals surface area contributed by atoms with Crippen molar-refractivity contribution in [3.05, 3.63) is 65.2 Å². The molecule has 23 heavy (non-hydrogen) atoms. The standard InChI is InChI=1S/C19H20N2O2/c1-3-15-6-5-9-18(11-15)20-13-19(22)21-12-16-7-4-8-17(10-16)14-23-2/h1,4-11,20H,12-14H2,2H3,(H,21,22). The summed E-state index contributed by atoms with van der Waals surface area (Å²) in [6.07, 6.45) is 5.35. The summed E-state index contributed by atoms with van der Waals surface area (Å²) in [4.78, 5) is 11.9. The number of rotatable bonds is 7. The van der Waals surface area contributed by atoms with Crippen LogP contribution in [0.15, 0.2) is 48.5 Å². The van der Waals surface area contributed by atoms with E-state index in [1.807, 2.05) is 48.5 Å². The van der Waals surface area contributed by atoms with Gasteiger partial charge in [0.25, 0.3) is 0 Å². The van der Waals surface area contributed by atoms with E-state index in [-0.39, 0.29) is 12.5 Å². The summed E-state index contributed by atoms with van der Waals surface area (Å²) >= 11 is 0. The van der Waals surface area contributed by atoms with E-state index in [0.717, 1.165) is 22.4 Å². The van der Waals surface area contributed by atoms with E-state index >= 15 is 0 Å². The molecule has 0 unspecified atom stereocenters. The van der Waals surface area contributed by atoms with Crippen molar-refractivity contribution in [3.63, 3.8) is 0 Å². The Morgan fingerprint density at radius 2 is 1.96 bits per heavy atom. The molecule has 118 valence electrons. The van der Waals surface area contributed by atoms with Gasteiger partial charge in [-0.1, -0.05) is 36.3 Å². The number of methoxy groups -OCH3 is 1. The van der Waals surface area contributed by atoms with Gasteiger partial charge < -0.3 is 15.4 Å². The molecule has 0 aliphatic carbocycles. The molecule has 0 saturated heterocycles. The highest BCUT2D eigenvalue weighted by Crippen LogP contribution is 2.09. The first-order valence-electron chi connectivity index (χ1n) is 7.35. The molecule has 0 heterocycles. The van der Waals surface area contributed by atoms with Gasteiger partial charge >= 0.3 is 0 Å². The maximum Gasteiger partial charge on any atom is 0.239 e. The summed E-state index contributed by atoms with van der Waals surface area (Å²) in [6, 6.07) is 15.4. The molecule has 2 aromatic carbocycles. The number of anilines is 1. The SMILES string of the molecule is C#Cc1cccc(NCC(=O)NCc2cccc(COC)c2)c1. The third kappa shape index (κ3) is 5.50. The van der Waals surface area contributed by atoms with Crippen LogP contribution in [0.25, 0.3) is 0 Å². The predicted octanol–water partition coefficient (Wildman–Crippen LogP) is 2.54. The van der Waals surface area contributed by atoms with Gasteiger partial charge in [0.1, 0.15) is 0 Å². The molecule has 0 fully saturated rings. The fraction of sp³-hybridized carbons (Fsp3) is 0.211. The van der Waals surface area contributed by atoms with Gasteiger partial charge in [-0.15, -0.1) is 6.42 Å². The molecular weight excluding hydrogens is 288 g/mol. The van der Waals surface area contributed by atoms with Gasteiger partial charge in [0.15, 0.2) is 0 Å². The Morgan fingerprint density at radius 3 is 2.74 bits per heavy atom. The quantitative estimate of drug-likeness (QED) is 0.773. The van der Waals surface area contributed by atoms with E-state index in [4.69, 9.17) is 11.2 Å². The van der Waals surface area contributed by atoms with Gasteiger partial charge in [-0.05, 0) is 29.3 Å². The smallest absolute Gasteiger partial charge is 0.239 e. The maximum absolute atomic E-state index is 11.9. The van der Waals surface area contributed by atoms with Crippen LogP contribution in [0, 0.1) is 12.3 Å². The summed E-state index contributed by atoms with van der Waals surface area (Å²) in [5.41, 5.74) is 3.74. The van der Waals surface area contributed by atoms with Crippen molar-refractivity contribution in [2.24, 2.45) is 0 Å². The zero-order valence-electron chi connectivity index (χ0n) is 13.1. The number of terminal acetylenes is 1. The van der Waals surface area contributed by atoms with E-state index in [0.29, 0.717) is 13.2 Å². The lowest BCUT2D eigenvalue weighted by molar-refractivity contribution is -0.119. The van der Waals surface area contributed by atoms with Crippen LogP contribution in [-0.2, 0) is 22.7 Å². The fourth-order valence-corrected chi connectivity index (χ4v) is 2.16. The highest BCUT2D eigenvalue weighted by molar-refractivity contribution is 5.80. The highest BCUT2D eigenvalue weighted by atomic mass is 16.5. The lowest BCUT2D eigenvalue weighted by Gasteiger charge is -2.09. The lowest BCUT2D eigenvalue weighted by atomic mass is 10.1. The Labute approximate surface area is 136 Å². The van der Waals surface area contributed by atoms with E-state index in [1.54, 1.807) is 7.11 Å². The second kappa shape index (κ2) is 8.62. The average molecular weight is 308 g/mol. The van der Waals surface area contributed by atoms with Gasteiger partial charge in [0.05, 0.1) is 13.2 Å². The molecule has 2 N–H and O–H groups in total. The predicted molar refractivity (Wildman–Crippen MR) is 91.9 cm³/mol. The minimum Gasteiger partial charge on any atom is -0.380 e. The molecule has 0 radical (unpaired) electrons. The molecule has 2 aromatic rings. The van der Waals surface area contributed by atoms with Crippen LogP contribution in [0.2, 0.25) is 0 Å². The first-order chi connectivity index (χ1) is 11.2. The number of nitrogens with one attached hydrogen (secondary N) is 2. The van der Waals surface area contributed by atoms with Crippen molar-refractivity contribution < 1.29 is 9.53 Å². The van der Waals surface area contributed by atoms with Crippen LogP contribution >= 0.6 is 0 Å². The Bertz CT molecular complexity index is 705. The second-order valence-corrected chi connectivity index (χ2v) is 5.11. The molecule has 0 aliphatic rings. The summed E-state index contributed by atoms with van der Waals surface area (Å²) < 4.78 is 5.10. The van der Waals surface area contributed by atoms with Crippen LogP contribution in [-0.4, -0.2) is 19.6 Å². The van der Waals surface area contributed by atoms with E-state index in [1.165, 1.54) is 0 Å². The van der Waals surface area contributed by atoms with Crippen molar-refractivity contribution in [2.75, 3.05) is 19.0 Å². The summed E-state index contributed by atoms with van der Waals surface area (Å²) in [5.74, 6) is 2.49. The van der Waals surface area contributed by atoms with E-state index < -0.39 is 0 Å². The van der Waals surface area contributed by atoms with Gasteiger partial charge in [-0.3, -0.25) is 4.79 Å². The number of amides is 1. The number of hydrogen-bond donors (Lipinski definition) is 2. The molecule has 4 heteroatoms. The van der Waals surface area contributed by atoms with Crippen molar-refractivity contribution in [2.45, 2.75) is 13.2 Å². The van der Waals surface area contributed by atoms with Crippen molar-refractivity contribution in [1.82, 2.24) is 5.32 Å². The Morgan fingerprint density at radius 1 is 1.17 bits per heavy atom. The van der Waals surface area contributed by atoms with E-state index in [2.05, 4.69) is 16.6 Å². The zero-order chi connectivity index (χ0) is 16.5. The normalized spacial score (nSPS) is 9.91. The average Bonchev–Trinajstić information content (AvgIpc) is 2.59. The number of carbonyl (C=O) groups excluding carboxylic acids is 1. The van der Waals surface area contributed by atoms with Crippen LogP contribution in [0.1, 0.15) is 16.7 Å². The summed E-state index contributed by atoms with van der Waals surface area (Å²) in [7, 11) is 1.66. The number of benzene rings is 2. The second-order valence-electron chi connectivity index (χ2n) is 5.11. The van der Waals surface area contributed by atoms with Gasteiger partial charge in [0.2, 0.25) is 5.91 Å². The maximum atomic E-state index is 11.9. The molecule has 0 aromatic heterocycles. The summed E-state index contributed by atoms with van der Waals surface area (Å²) in [5, 5.41) is 5.94. The first kappa shape index (κ1) is 16.6. The van der Waals surface area contributed by atoms with Crippen molar-refractivity contribution >= 4 is 11.6 Å². The molecule has 0 spiro atoms. The molecule has 0 aliphatic heterocycles. The van der Waals surface area contributed by atoms with Crippen LogP contribution in [0.4, 0.5) is 5.69 Å². The minimum atomic E-state index is -0.0757. The highest BCUT2D eigenvalue weighted by Gasteiger charge is 2.02. The topological polar surface area (TPSA) is 50.4 Å². The number of hydrogen-bond acceptors (Lipinski definition) is 3. The van der Waals surface area contributed by atoms with Gasteiger partial charge in [-0.25, -0.2) is 0 Å². The van der Waals surface area contributed by atoms with Gasteiger partial charge in [-0.2, -0.15) is 0 Å². The van der Waals surface area contributed by atoms with E-state index in [9.17, 15) is 4.79 Å². The minimum absolute atomic E-state index is 0.0757. The third-order valence-corrected chi connectivity index (χ3v) is 3.27. The fourth-order valence-electron chi connectivity index (χ4n) is 2.16. The van der Waals surface area contributed by atoms with Crippen LogP contribution in [0.5, 0.6) is 0 Å². The molecule has 0 atom stereocenters. The van der Waals surface area contributed by atoms with Crippen molar-refractivity contribution in [1.29, 1.82) is 0 Å². The summed E-state index contributed by atoms with van der Waals surface area (Å²) in [6.45, 7) is 1.25. The molecule has 0 saturated carbocycles.